The van der Waals surface area contributed by atoms with Gasteiger partial charge in [-0.25, -0.2) is 28.0 Å². The van der Waals surface area contributed by atoms with Crippen LogP contribution in [0.1, 0.15) is 40.2 Å². The lowest BCUT2D eigenvalue weighted by atomic mass is 10.1. The summed E-state index contributed by atoms with van der Waals surface area (Å²) in [5.41, 5.74) is 1.38. The molecule has 4 rings (SSSR count). The molecule has 2 aromatic heterocycles. The molecule has 0 spiro atoms. The Balaban J connectivity index is 1.73. The Morgan fingerprint density at radius 2 is 1.71 bits per heavy atom. The Morgan fingerprint density at radius 3 is 2.33 bits per heavy atom. The summed E-state index contributed by atoms with van der Waals surface area (Å²) in [6.07, 6.45) is -1.05. The molecular weight excluding hydrogens is 604 g/mol. The number of ether oxygens (including phenoxy) is 3. The van der Waals surface area contributed by atoms with E-state index in [-0.39, 0.29) is 28.2 Å². The standard InChI is InChI=1S/C30H34N6O8S/c1-17(2)45(39,40)20-11-9-19(10-12-20)22-16-32-25(34-28(37)43-29(38)44-30(3,4)5)24(33-22)27-36-35-26(42-27)21-13-8-18(15-31-6)14-23(21)41-7/h8-14,16-17,31H,15H2,1-7H3,(H,32,34,37). The van der Waals surface area contributed by atoms with Crippen molar-refractivity contribution in [2.24, 2.45) is 0 Å². The topological polar surface area (TPSA) is 185 Å². The van der Waals surface area contributed by atoms with Crippen LogP contribution < -0.4 is 15.4 Å². The van der Waals surface area contributed by atoms with Gasteiger partial charge in [0.1, 0.15) is 11.4 Å². The molecule has 15 heteroatoms. The molecule has 0 bridgehead atoms. The van der Waals surface area contributed by atoms with E-state index in [2.05, 4.69) is 30.8 Å². The summed E-state index contributed by atoms with van der Waals surface area (Å²) in [4.78, 5) is 33.7. The zero-order valence-corrected chi connectivity index (χ0v) is 26.7. The van der Waals surface area contributed by atoms with E-state index in [9.17, 15) is 18.0 Å². The van der Waals surface area contributed by atoms with Crippen LogP contribution in [0.2, 0.25) is 0 Å². The minimum absolute atomic E-state index is 0.0444. The number of nitrogens with one attached hydrogen (secondary N) is 2. The van der Waals surface area contributed by atoms with Crippen LogP contribution in [0.3, 0.4) is 0 Å². The SMILES string of the molecule is CNCc1ccc(-c2nnc(-c3nc(-c4ccc(S(=O)(=O)C(C)C)cc4)cnc3NC(=O)OC(=O)OC(C)(C)C)o2)c(OC)c1. The monoisotopic (exact) mass is 638 g/mol. The van der Waals surface area contributed by atoms with Crippen LogP contribution in [0.5, 0.6) is 5.75 Å². The van der Waals surface area contributed by atoms with E-state index in [1.807, 2.05) is 19.2 Å². The predicted octanol–water partition coefficient (Wildman–Crippen LogP) is 5.25. The minimum Gasteiger partial charge on any atom is -0.496 e. The summed E-state index contributed by atoms with van der Waals surface area (Å²) < 4.78 is 46.4. The normalized spacial score (nSPS) is 11.7. The van der Waals surface area contributed by atoms with Crippen LogP contribution in [-0.2, 0) is 25.9 Å². The molecule has 14 nitrogen and oxygen atoms in total. The van der Waals surface area contributed by atoms with Gasteiger partial charge in [-0.05, 0) is 71.5 Å². The molecule has 4 aromatic rings. The molecule has 0 saturated heterocycles. The van der Waals surface area contributed by atoms with Crippen molar-refractivity contribution in [1.29, 1.82) is 0 Å². The fraction of sp³-hybridized carbons (Fsp3) is 0.333. The number of amides is 1. The van der Waals surface area contributed by atoms with Crippen LogP contribution >= 0.6 is 0 Å². The minimum atomic E-state index is -3.49. The van der Waals surface area contributed by atoms with E-state index in [0.29, 0.717) is 29.1 Å². The third kappa shape index (κ3) is 7.99. The number of rotatable bonds is 9. The highest BCUT2D eigenvalue weighted by Crippen LogP contribution is 2.34. The van der Waals surface area contributed by atoms with E-state index in [1.165, 1.54) is 25.4 Å². The predicted molar refractivity (Wildman–Crippen MR) is 164 cm³/mol. The Bertz CT molecular complexity index is 1800. The number of aromatic nitrogens is 4. The van der Waals surface area contributed by atoms with Crippen molar-refractivity contribution < 1.29 is 36.6 Å². The van der Waals surface area contributed by atoms with Crippen molar-refractivity contribution in [3.05, 3.63) is 54.2 Å². The van der Waals surface area contributed by atoms with Gasteiger partial charge in [-0.15, -0.1) is 10.2 Å². The summed E-state index contributed by atoms with van der Waals surface area (Å²) in [7, 11) is -0.138. The van der Waals surface area contributed by atoms with Crippen LogP contribution in [0.15, 0.2) is 58.0 Å². The van der Waals surface area contributed by atoms with E-state index < -0.39 is 32.9 Å². The number of hydrogen-bond acceptors (Lipinski definition) is 13. The number of sulfone groups is 1. The molecule has 0 aliphatic carbocycles. The van der Waals surface area contributed by atoms with Gasteiger partial charge in [-0.1, -0.05) is 18.2 Å². The summed E-state index contributed by atoms with van der Waals surface area (Å²) >= 11 is 0. The molecular formula is C30H34N6O8S. The molecule has 1 amide bonds. The number of methoxy groups -OCH3 is 1. The number of carbonyl (C=O) groups excluding carboxylic acids is 2. The first-order chi connectivity index (χ1) is 21.2. The molecule has 0 aliphatic heterocycles. The highest BCUT2D eigenvalue weighted by atomic mass is 32.2. The van der Waals surface area contributed by atoms with Gasteiger partial charge in [0.15, 0.2) is 21.3 Å². The summed E-state index contributed by atoms with van der Waals surface area (Å²) in [5.74, 6) is 0.328. The second-order valence-electron chi connectivity index (χ2n) is 11.0. The average Bonchev–Trinajstić information content (AvgIpc) is 3.46. The molecule has 0 unspecified atom stereocenters. The largest absolute Gasteiger partial charge is 0.517 e. The maximum absolute atomic E-state index is 12.6. The summed E-state index contributed by atoms with van der Waals surface area (Å²) in [6.45, 7) is 8.69. The molecule has 238 valence electrons. The highest BCUT2D eigenvalue weighted by molar-refractivity contribution is 7.92. The molecule has 2 heterocycles. The zero-order valence-electron chi connectivity index (χ0n) is 25.9. The first-order valence-electron chi connectivity index (χ1n) is 13.8. The molecule has 2 N–H and O–H groups in total. The smallest absolute Gasteiger partial charge is 0.496 e. The summed E-state index contributed by atoms with van der Waals surface area (Å²) in [6, 6.07) is 11.6. The molecule has 0 fully saturated rings. The molecule has 0 radical (unpaired) electrons. The van der Waals surface area contributed by atoms with E-state index >= 15 is 0 Å². The second-order valence-corrected chi connectivity index (χ2v) is 13.5. The van der Waals surface area contributed by atoms with Gasteiger partial charge >= 0.3 is 12.2 Å². The third-order valence-electron chi connectivity index (χ3n) is 6.16. The number of hydrogen-bond donors (Lipinski definition) is 2. The van der Waals surface area contributed by atoms with Crippen molar-refractivity contribution in [2.45, 2.75) is 56.9 Å². The van der Waals surface area contributed by atoms with Gasteiger partial charge in [-0.2, -0.15) is 0 Å². The molecule has 0 atom stereocenters. The fourth-order valence-electron chi connectivity index (χ4n) is 3.98. The van der Waals surface area contributed by atoms with Crippen molar-refractivity contribution >= 4 is 27.9 Å². The van der Waals surface area contributed by atoms with Gasteiger partial charge in [0.25, 0.3) is 11.8 Å². The molecule has 2 aromatic carbocycles. The van der Waals surface area contributed by atoms with Gasteiger partial charge < -0.3 is 23.9 Å². The van der Waals surface area contributed by atoms with Crippen molar-refractivity contribution in [3.63, 3.8) is 0 Å². The summed E-state index contributed by atoms with van der Waals surface area (Å²) in [5, 5.41) is 13.1. The number of nitrogens with zero attached hydrogens (tertiary/aromatic N) is 4. The molecule has 0 saturated carbocycles. The Hall–Kier alpha value is -4.89. The lowest BCUT2D eigenvalue weighted by Gasteiger charge is -2.18. The Kier molecular flexibility index (Phi) is 9.83. The van der Waals surface area contributed by atoms with Crippen molar-refractivity contribution in [1.82, 2.24) is 25.5 Å². The van der Waals surface area contributed by atoms with Crippen LogP contribution in [0, 0.1) is 0 Å². The van der Waals surface area contributed by atoms with Gasteiger partial charge in [-0.3, -0.25) is 5.32 Å². The average molecular weight is 639 g/mol. The van der Waals surface area contributed by atoms with Gasteiger partial charge in [0.2, 0.25) is 0 Å². The number of carbonyl (C=O) groups is 2. The third-order valence-corrected chi connectivity index (χ3v) is 8.33. The van der Waals surface area contributed by atoms with E-state index in [1.54, 1.807) is 52.8 Å². The lowest BCUT2D eigenvalue weighted by molar-refractivity contribution is 0.0111. The fourth-order valence-corrected chi connectivity index (χ4v) is 5.04. The zero-order chi connectivity index (χ0) is 32.9. The van der Waals surface area contributed by atoms with Crippen LogP contribution in [0.4, 0.5) is 15.4 Å². The van der Waals surface area contributed by atoms with Crippen molar-refractivity contribution in [2.75, 3.05) is 19.5 Å². The number of anilines is 1. The van der Waals surface area contributed by atoms with Gasteiger partial charge in [0.05, 0.1) is 34.7 Å². The van der Waals surface area contributed by atoms with E-state index in [4.69, 9.17) is 18.6 Å². The maximum atomic E-state index is 12.6. The quantitative estimate of drug-likeness (QED) is 0.179. The first-order valence-corrected chi connectivity index (χ1v) is 15.4. The highest BCUT2D eigenvalue weighted by Gasteiger charge is 2.25. The maximum Gasteiger partial charge on any atom is 0.517 e. The second kappa shape index (κ2) is 13.4. The van der Waals surface area contributed by atoms with Crippen molar-refractivity contribution in [3.8, 4) is 40.0 Å². The lowest BCUT2D eigenvalue weighted by Crippen LogP contribution is -2.28. The van der Waals surface area contributed by atoms with Crippen LogP contribution in [-0.4, -0.2) is 65.8 Å². The van der Waals surface area contributed by atoms with Gasteiger partial charge in [0, 0.05) is 12.1 Å². The van der Waals surface area contributed by atoms with Crippen LogP contribution in [0.25, 0.3) is 34.3 Å². The Labute approximate surface area is 260 Å². The molecule has 0 aliphatic rings. The Morgan fingerprint density at radius 1 is 1.02 bits per heavy atom. The first kappa shape index (κ1) is 33.0. The van der Waals surface area contributed by atoms with E-state index in [0.717, 1.165) is 5.56 Å². The molecule has 45 heavy (non-hydrogen) atoms. The number of benzene rings is 2.